The van der Waals surface area contributed by atoms with Crippen LogP contribution >= 0.6 is 0 Å². The minimum atomic E-state index is -0.735. The van der Waals surface area contributed by atoms with Crippen LogP contribution in [0.15, 0.2) is 60.7 Å². The van der Waals surface area contributed by atoms with E-state index in [0.29, 0.717) is 35.0 Å². The number of ketones is 1. The number of esters is 2. The number of hydrogen-bond donors (Lipinski definition) is 1. The molecule has 3 aromatic rings. The van der Waals surface area contributed by atoms with Crippen LogP contribution in [-0.4, -0.2) is 22.8 Å². The number of fused-ring (bicyclic) bond motifs is 2. The Morgan fingerprint density at radius 1 is 0.806 bits per heavy atom. The molecule has 1 heterocycles. The number of benzene rings is 3. The summed E-state index contributed by atoms with van der Waals surface area (Å²) >= 11 is 0. The van der Waals surface area contributed by atoms with E-state index in [2.05, 4.69) is 4.74 Å². The van der Waals surface area contributed by atoms with Crippen molar-refractivity contribution in [1.29, 1.82) is 0 Å². The van der Waals surface area contributed by atoms with Gasteiger partial charge >= 0.3 is 11.9 Å². The lowest BCUT2D eigenvalue weighted by Crippen LogP contribution is -1.98. The molecule has 0 saturated heterocycles. The summed E-state index contributed by atoms with van der Waals surface area (Å²) in [5, 5.41) is 9.84. The van der Waals surface area contributed by atoms with E-state index in [1.54, 1.807) is 36.4 Å². The largest absolute Gasteiger partial charge is 0.489 e. The molecule has 154 valence electrons. The molecule has 0 spiro atoms. The van der Waals surface area contributed by atoms with Gasteiger partial charge in [-0.3, -0.25) is 4.79 Å². The molecule has 0 radical (unpaired) electrons. The number of Topliss-reactive ketones (excluding diaryl/α,β-unsaturated/α-hetero) is 1. The number of hydrogen-bond acceptors (Lipinski definition) is 7. The molecule has 2 aliphatic rings. The van der Waals surface area contributed by atoms with Gasteiger partial charge in [0.05, 0.1) is 17.2 Å². The Hall–Kier alpha value is -3.97. The van der Waals surface area contributed by atoms with Crippen molar-refractivity contribution >= 4 is 17.7 Å². The molecule has 7 heteroatoms. The topological polar surface area (TPSA) is 99.1 Å². The first-order valence-electron chi connectivity index (χ1n) is 9.63. The van der Waals surface area contributed by atoms with Crippen LogP contribution in [0.4, 0.5) is 0 Å². The first-order chi connectivity index (χ1) is 15.0. The number of carbonyl (C=O) groups is 3. The van der Waals surface area contributed by atoms with E-state index in [9.17, 15) is 19.5 Å². The Morgan fingerprint density at radius 3 is 2.29 bits per heavy atom. The zero-order valence-electron chi connectivity index (χ0n) is 16.2. The second-order valence-corrected chi connectivity index (χ2v) is 7.31. The molecule has 1 unspecified atom stereocenters. The third-order valence-corrected chi connectivity index (χ3v) is 5.24. The van der Waals surface area contributed by atoms with E-state index in [4.69, 9.17) is 9.47 Å². The van der Waals surface area contributed by atoms with E-state index in [1.807, 2.05) is 12.1 Å². The molecule has 0 saturated carbocycles. The minimum Gasteiger partial charge on any atom is -0.489 e. The zero-order valence-corrected chi connectivity index (χ0v) is 16.2. The normalized spacial score (nSPS) is 16.7. The lowest BCUT2D eigenvalue weighted by atomic mass is 10.1. The van der Waals surface area contributed by atoms with Gasteiger partial charge in [-0.2, -0.15) is 0 Å². The summed E-state index contributed by atoms with van der Waals surface area (Å²) in [5.41, 5.74) is 2.46. The van der Waals surface area contributed by atoms with Crippen LogP contribution in [0, 0.1) is 0 Å². The Labute approximate surface area is 176 Å². The Morgan fingerprint density at radius 2 is 1.48 bits per heavy atom. The van der Waals surface area contributed by atoms with Gasteiger partial charge in [-0.15, -0.1) is 0 Å². The molecule has 31 heavy (non-hydrogen) atoms. The molecule has 5 rings (SSSR count). The first-order valence-corrected chi connectivity index (χ1v) is 9.63. The second-order valence-electron chi connectivity index (χ2n) is 7.31. The zero-order chi connectivity index (χ0) is 21.5. The Balaban J connectivity index is 1.24. The maximum Gasteiger partial charge on any atom is 0.347 e. The molecule has 0 amide bonds. The van der Waals surface area contributed by atoms with Crippen LogP contribution in [0.5, 0.6) is 17.2 Å². The SMILES string of the molecule is O=C1OC(=O)c2cc(Oc3ccc(COc4ccc5c(c4)C(=O)CC5O)cc3)ccc21. The van der Waals surface area contributed by atoms with Crippen molar-refractivity contribution in [1.82, 2.24) is 0 Å². The average molecular weight is 416 g/mol. The molecule has 1 aliphatic carbocycles. The summed E-state index contributed by atoms with van der Waals surface area (Å²) in [6.07, 6.45) is -0.622. The fourth-order valence-electron chi connectivity index (χ4n) is 3.64. The lowest BCUT2D eigenvalue weighted by Gasteiger charge is -2.10. The Kier molecular flexibility index (Phi) is 4.52. The van der Waals surface area contributed by atoms with Crippen molar-refractivity contribution in [3.05, 3.63) is 88.5 Å². The van der Waals surface area contributed by atoms with Gasteiger partial charge in [-0.25, -0.2) is 9.59 Å². The molecule has 1 N–H and O–H groups in total. The predicted octanol–water partition coefficient (Wildman–Crippen LogP) is 3.99. The fraction of sp³-hybridized carbons (Fsp3) is 0.125. The van der Waals surface area contributed by atoms with Crippen molar-refractivity contribution in [2.24, 2.45) is 0 Å². The van der Waals surface area contributed by atoms with Crippen LogP contribution in [-0.2, 0) is 11.3 Å². The summed E-state index contributed by atoms with van der Waals surface area (Å²) in [6, 6.07) is 16.9. The van der Waals surface area contributed by atoms with E-state index >= 15 is 0 Å². The highest BCUT2D eigenvalue weighted by Crippen LogP contribution is 2.33. The van der Waals surface area contributed by atoms with E-state index in [0.717, 1.165) is 5.56 Å². The lowest BCUT2D eigenvalue weighted by molar-refractivity contribution is 0.0443. The quantitative estimate of drug-likeness (QED) is 0.496. The van der Waals surface area contributed by atoms with E-state index in [1.165, 1.54) is 12.1 Å². The minimum absolute atomic E-state index is 0.0846. The second kappa shape index (κ2) is 7.37. The van der Waals surface area contributed by atoms with Crippen molar-refractivity contribution < 1.29 is 33.7 Å². The summed E-state index contributed by atoms with van der Waals surface area (Å²) in [4.78, 5) is 35.1. The predicted molar refractivity (Wildman–Crippen MR) is 107 cm³/mol. The van der Waals surface area contributed by atoms with E-state index in [-0.39, 0.29) is 23.3 Å². The van der Waals surface area contributed by atoms with Gasteiger partial charge in [0.2, 0.25) is 0 Å². The van der Waals surface area contributed by atoms with Crippen molar-refractivity contribution in [2.75, 3.05) is 0 Å². The van der Waals surface area contributed by atoms with Gasteiger partial charge in [-0.1, -0.05) is 18.2 Å². The fourth-order valence-corrected chi connectivity index (χ4v) is 3.64. The van der Waals surface area contributed by atoms with Crippen molar-refractivity contribution in [3.63, 3.8) is 0 Å². The summed E-state index contributed by atoms with van der Waals surface area (Å²) < 4.78 is 16.1. The van der Waals surface area contributed by atoms with Gasteiger partial charge in [-0.05, 0) is 53.6 Å². The van der Waals surface area contributed by atoms with Crippen LogP contribution in [0.3, 0.4) is 0 Å². The number of cyclic esters (lactones) is 2. The third-order valence-electron chi connectivity index (χ3n) is 5.24. The summed E-state index contributed by atoms with van der Waals surface area (Å²) in [6.45, 7) is 0.294. The van der Waals surface area contributed by atoms with Crippen LogP contribution in [0.2, 0.25) is 0 Å². The monoisotopic (exact) mass is 416 g/mol. The van der Waals surface area contributed by atoms with Crippen molar-refractivity contribution in [2.45, 2.75) is 19.1 Å². The number of rotatable bonds is 5. The van der Waals surface area contributed by atoms with Gasteiger partial charge in [0, 0.05) is 12.0 Å². The highest BCUT2D eigenvalue weighted by molar-refractivity contribution is 6.14. The maximum atomic E-state index is 11.9. The van der Waals surface area contributed by atoms with Crippen molar-refractivity contribution in [3.8, 4) is 17.2 Å². The number of carbonyl (C=O) groups excluding carboxylic acids is 3. The Bertz CT molecular complexity index is 1230. The standard InChI is InChI=1S/C24H16O7/c25-21-11-22(26)19-9-15(5-7-17(19)21)29-12-13-1-3-14(4-2-13)30-16-6-8-18-20(10-16)24(28)31-23(18)27/h1-10,21,25H,11-12H2. The molecule has 3 aromatic carbocycles. The smallest absolute Gasteiger partial charge is 0.347 e. The van der Waals surface area contributed by atoms with Gasteiger partial charge in [0.15, 0.2) is 5.78 Å². The van der Waals surface area contributed by atoms with Gasteiger partial charge < -0.3 is 19.3 Å². The number of aliphatic hydroxyl groups is 1. The van der Waals surface area contributed by atoms with Gasteiger partial charge in [0.1, 0.15) is 23.9 Å². The molecule has 1 aliphatic heterocycles. The molecule has 7 nitrogen and oxygen atoms in total. The molecule has 0 aromatic heterocycles. The molecule has 1 atom stereocenters. The molecular weight excluding hydrogens is 400 g/mol. The average Bonchev–Trinajstić information content (AvgIpc) is 3.21. The van der Waals surface area contributed by atoms with Crippen LogP contribution in [0.25, 0.3) is 0 Å². The van der Waals surface area contributed by atoms with E-state index < -0.39 is 18.0 Å². The third kappa shape index (κ3) is 3.55. The molecule has 0 bridgehead atoms. The van der Waals surface area contributed by atoms with Gasteiger partial charge in [0.25, 0.3) is 0 Å². The highest BCUT2D eigenvalue weighted by Gasteiger charge is 2.30. The number of aliphatic hydroxyl groups excluding tert-OH is 1. The van der Waals surface area contributed by atoms with Crippen LogP contribution in [0.1, 0.15) is 54.7 Å². The molecular formula is C24H16O7. The summed E-state index contributed by atoms with van der Waals surface area (Å²) in [7, 11) is 0. The molecule has 0 fully saturated rings. The van der Waals surface area contributed by atoms with Crippen LogP contribution < -0.4 is 9.47 Å². The summed E-state index contributed by atoms with van der Waals surface area (Å²) in [5.74, 6) is 0.109. The first kappa shape index (κ1) is 19.0. The highest BCUT2D eigenvalue weighted by atomic mass is 16.6. The number of ether oxygens (including phenoxy) is 3. The maximum absolute atomic E-state index is 11.9.